The predicted molar refractivity (Wildman–Crippen MR) is 44.8 cm³/mol. The Labute approximate surface area is 87.5 Å². The molecule has 1 rings (SSSR count). The molecule has 0 aliphatic carbocycles. The van der Waals surface area contributed by atoms with Crippen LogP contribution in [0.1, 0.15) is 15.9 Å². The molecule has 0 unspecified atom stereocenters. The number of rotatable bonds is 2. The number of ether oxygens (including phenoxy) is 1. The van der Waals surface area contributed by atoms with Crippen LogP contribution in [0.2, 0.25) is 0 Å². The minimum atomic E-state index is -4.90. The first kappa shape index (κ1) is 11.8. The molecule has 16 heavy (non-hydrogen) atoms. The fourth-order valence-electron chi connectivity index (χ4n) is 0.995. The maximum Gasteiger partial charge on any atom is 0.573 e. The Balaban J connectivity index is 3.14. The number of carboxylic acid groups (broad SMARTS) is 1. The van der Waals surface area contributed by atoms with E-state index in [1.807, 2.05) is 0 Å². The highest BCUT2D eigenvalue weighted by atomic mass is 19.4. The van der Waals surface area contributed by atoms with E-state index in [2.05, 4.69) is 4.74 Å². The number of alkyl halides is 3. The van der Waals surface area contributed by atoms with Crippen LogP contribution in [0.15, 0.2) is 18.2 Å². The molecule has 1 aromatic rings. The molecule has 0 aliphatic heterocycles. The Hall–Kier alpha value is -2.23. The van der Waals surface area contributed by atoms with Gasteiger partial charge in [-0.15, -0.1) is 13.2 Å². The molecular formula is C9H4F3NO3. The zero-order chi connectivity index (χ0) is 12.3. The van der Waals surface area contributed by atoms with Gasteiger partial charge in [-0.25, -0.2) is 4.79 Å². The number of hydrogen-bond donors (Lipinski definition) is 1. The Morgan fingerprint density at radius 1 is 1.44 bits per heavy atom. The fraction of sp³-hybridized carbons (Fsp3) is 0.111. The van der Waals surface area contributed by atoms with Crippen LogP contribution in [0.4, 0.5) is 13.2 Å². The summed E-state index contributed by atoms with van der Waals surface area (Å²) in [6.07, 6.45) is -4.90. The highest BCUT2D eigenvalue weighted by Crippen LogP contribution is 2.24. The van der Waals surface area contributed by atoms with Gasteiger partial charge in [-0.1, -0.05) is 0 Å². The Morgan fingerprint density at radius 2 is 2.06 bits per heavy atom. The smallest absolute Gasteiger partial charge is 0.478 e. The Morgan fingerprint density at radius 3 is 2.50 bits per heavy atom. The van der Waals surface area contributed by atoms with Crippen molar-refractivity contribution in [1.82, 2.24) is 0 Å². The number of aromatic carboxylic acids is 1. The molecule has 0 saturated carbocycles. The van der Waals surface area contributed by atoms with Crippen LogP contribution in [0.5, 0.6) is 5.75 Å². The highest BCUT2D eigenvalue weighted by Gasteiger charge is 2.31. The molecule has 0 aliphatic rings. The van der Waals surface area contributed by atoms with E-state index in [1.54, 1.807) is 6.07 Å². The van der Waals surface area contributed by atoms with Crippen molar-refractivity contribution in [2.24, 2.45) is 0 Å². The van der Waals surface area contributed by atoms with Gasteiger partial charge in [-0.05, 0) is 18.2 Å². The number of benzene rings is 1. The Bertz CT molecular complexity index is 462. The number of carbonyl (C=O) groups is 1. The van der Waals surface area contributed by atoms with Crippen LogP contribution in [-0.4, -0.2) is 17.4 Å². The van der Waals surface area contributed by atoms with E-state index in [-0.39, 0.29) is 5.56 Å². The van der Waals surface area contributed by atoms with Gasteiger partial charge in [0.05, 0.1) is 11.1 Å². The SMILES string of the molecule is N#Cc1ccc(OC(F)(F)F)cc1C(=O)O. The van der Waals surface area contributed by atoms with Gasteiger partial charge in [0.1, 0.15) is 11.8 Å². The summed E-state index contributed by atoms with van der Waals surface area (Å²) in [6.45, 7) is 0. The monoisotopic (exact) mass is 231 g/mol. The second kappa shape index (κ2) is 4.10. The zero-order valence-electron chi connectivity index (χ0n) is 7.58. The lowest BCUT2D eigenvalue weighted by molar-refractivity contribution is -0.274. The predicted octanol–water partition coefficient (Wildman–Crippen LogP) is 2.16. The molecule has 0 amide bonds. The third-order valence-electron chi connectivity index (χ3n) is 1.58. The van der Waals surface area contributed by atoms with Crippen molar-refractivity contribution in [3.63, 3.8) is 0 Å². The molecule has 0 bridgehead atoms. The van der Waals surface area contributed by atoms with Crippen LogP contribution in [0.25, 0.3) is 0 Å². The first-order valence-electron chi connectivity index (χ1n) is 3.86. The zero-order valence-corrected chi connectivity index (χ0v) is 7.58. The van der Waals surface area contributed by atoms with E-state index >= 15 is 0 Å². The maximum atomic E-state index is 11.8. The van der Waals surface area contributed by atoms with Crippen molar-refractivity contribution in [3.8, 4) is 11.8 Å². The highest BCUT2D eigenvalue weighted by molar-refractivity contribution is 5.91. The summed E-state index contributed by atoms with van der Waals surface area (Å²) in [5.74, 6) is -2.17. The van der Waals surface area contributed by atoms with Gasteiger partial charge >= 0.3 is 12.3 Å². The molecule has 0 aromatic heterocycles. The van der Waals surface area contributed by atoms with Gasteiger partial charge in [0, 0.05) is 0 Å². The molecular weight excluding hydrogens is 227 g/mol. The molecule has 0 heterocycles. The molecule has 0 atom stereocenters. The summed E-state index contributed by atoms with van der Waals surface area (Å²) in [6, 6.07) is 4.02. The third kappa shape index (κ3) is 2.88. The van der Waals surface area contributed by atoms with Gasteiger partial charge in [-0.3, -0.25) is 0 Å². The third-order valence-corrected chi connectivity index (χ3v) is 1.58. The summed E-state index contributed by atoms with van der Waals surface area (Å²) in [4.78, 5) is 10.6. The van der Waals surface area contributed by atoms with Gasteiger partial charge in [-0.2, -0.15) is 5.26 Å². The van der Waals surface area contributed by atoms with Crippen molar-refractivity contribution in [1.29, 1.82) is 5.26 Å². The molecule has 1 N–H and O–H groups in total. The van der Waals surface area contributed by atoms with Gasteiger partial charge in [0.25, 0.3) is 0 Å². The van der Waals surface area contributed by atoms with Crippen LogP contribution >= 0.6 is 0 Å². The van der Waals surface area contributed by atoms with Crippen molar-refractivity contribution in [3.05, 3.63) is 29.3 Å². The molecule has 0 fully saturated rings. The molecule has 7 heteroatoms. The second-order valence-electron chi connectivity index (χ2n) is 2.67. The second-order valence-corrected chi connectivity index (χ2v) is 2.67. The van der Waals surface area contributed by atoms with Crippen molar-refractivity contribution < 1.29 is 27.8 Å². The topological polar surface area (TPSA) is 70.3 Å². The summed E-state index contributed by atoms with van der Waals surface area (Å²) in [5, 5.41) is 17.1. The summed E-state index contributed by atoms with van der Waals surface area (Å²) in [5.41, 5.74) is -0.772. The largest absolute Gasteiger partial charge is 0.573 e. The van der Waals surface area contributed by atoms with E-state index in [1.165, 1.54) is 0 Å². The average Bonchev–Trinajstić information content (AvgIpc) is 2.15. The van der Waals surface area contributed by atoms with Crippen molar-refractivity contribution >= 4 is 5.97 Å². The Kier molecular flexibility index (Phi) is 3.04. The van der Waals surface area contributed by atoms with Gasteiger partial charge in [0.2, 0.25) is 0 Å². The van der Waals surface area contributed by atoms with Crippen molar-refractivity contribution in [2.75, 3.05) is 0 Å². The van der Waals surface area contributed by atoms with Gasteiger partial charge < -0.3 is 9.84 Å². The summed E-state index contributed by atoms with van der Waals surface area (Å²) >= 11 is 0. The van der Waals surface area contributed by atoms with Gasteiger partial charge in [0.15, 0.2) is 0 Å². The standard InChI is InChI=1S/C9H4F3NO3/c10-9(11,12)16-6-2-1-5(4-13)7(3-6)8(14)15/h1-3H,(H,14,15). The van der Waals surface area contributed by atoms with Crippen LogP contribution < -0.4 is 4.74 Å². The number of nitriles is 1. The molecule has 4 nitrogen and oxygen atoms in total. The summed E-state index contributed by atoms with van der Waals surface area (Å²) in [7, 11) is 0. The van der Waals surface area contributed by atoms with E-state index in [0.29, 0.717) is 6.07 Å². The first-order valence-corrected chi connectivity index (χ1v) is 3.86. The first-order chi connectivity index (χ1) is 7.33. The van der Waals surface area contributed by atoms with E-state index in [4.69, 9.17) is 10.4 Å². The van der Waals surface area contributed by atoms with E-state index in [0.717, 1.165) is 12.1 Å². The number of halogens is 3. The average molecular weight is 231 g/mol. The number of hydrogen-bond acceptors (Lipinski definition) is 3. The molecule has 0 spiro atoms. The van der Waals surface area contributed by atoms with Crippen LogP contribution in [0.3, 0.4) is 0 Å². The minimum Gasteiger partial charge on any atom is -0.478 e. The minimum absolute atomic E-state index is 0.234. The number of carboxylic acids is 1. The van der Waals surface area contributed by atoms with Crippen LogP contribution in [0, 0.1) is 11.3 Å². The molecule has 0 radical (unpaired) electrons. The normalized spacial score (nSPS) is 10.6. The van der Waals surface area contributed by atoms with Crippen LogP contribution in [-0.2, 0) is 0 Å². The summed E-state index contributed by atoms with van der Waals surface area (Å²) < 4.78 is 39.0. The quantitative estimate of drug-likeness (QED) is 0.846. The molecule has 0 saturated heterocycles. The molecule has 1 aromatic carbocycles. The van der Waals surface area contributed by atoms with E-state index in [9.17, 15) is 18.0 Å². The molecule has 84 valence electrons. The van der Waals surface area contributed by atoms with Crippen molar-refractivity contribution in [2.45, 2.75) is 6.36 Å². The van der Waals surface area contributed by atoms with E-state index < -0.39 is 23.6 Å². The fourth-order valence-corrected chi connectivity index (χ4v) is 0.995. The lowest BCUT2D eigenvalue weighted by Gasteiger charge is -2.09. The lowest BCUT2D eigenvalue weighted by atomic mass is 10.1. The lowest BCUT2D eigenvalue weighted by Crippen LogP contribution is -2.17. The maximum absolute atomic E-state index is 11.8. The number of nitrogens with zero attached hydrogens (tertiary/aromatic N) is 1.